The van der Waals surface area contributed by atoms with Crippen molar-refractivity contribution < 1.29 is 0 Å². The summed E-state index contributed by atoms with van der Waals surface area (Å²) in [4.78, 5) is 1.07. The number of rotatable bonds is 1. The van der Waals surface area contributed by atoms with E-state index in [0.717, 1.165) is 16.0 Å². The van der Waals surface area contributed by atoms with Gasteiger partial charge in [0.2, 0.25) is 0 Å². The van der Waals surface area contributed by atoms with Crippen molar-refractivity contribution in [3.8, 4) is 0 Å². The van der Waals surface area contributed by atoms with E-state index >= 15 is 0 Å². The molecule has 1 aromatic carbocycles. The average molecular weight is 198 g/mol. The monoisotopic (exact) mass is 197 g/mol. The van der Waals surface area contributed by atoms with Crippen LogP contribution in [0.15, 0.2) is 24.3 Å². The minimum atomic E-state index is 0.505. The first-order valence-electron chi connectivity index (χ1n) is 3.65. The predicted molar refractivity (Wildman–Crippen MR) is 55.8 cm³/mol. The number of fused-ring (bicyclic) bond motifs is 1. The van der Waals surface area contributed by atoms with Gasteiger partial charge in [-0.25, -0.2) is 0 Å². The lowest BCUT2D eigenvalue weighted by Gasteiger charge is -1.90. The SMILES string of the molecule is Nc1c(CCl)sc2ccccc12. The second-order valence-electron chi connectivity index (χ2n) is 2.57. The lowest BCUT2D eigenvalue weighted by Crippen LogP contribution is -1.85. The molecule has 0 radical (unpaired) electrons. The van der Waals surface area contributed by atoms with Gasteiger partial charge < -0.3 is 5.73 Å². The number of thiophene rings is 1. The first kappa shape index (κ1) is 7.90. The number of nitrogen functional groups attached to an aromatic ring is 1. The fourth-order valence-corrected chi connectivity index (χ4v) is 2.50. The highest BCUT2D eigenvalue weighted by atomic mass is 35.5. The van der Waals surface area contributed by atoms with E-state index in [1.54, 1.807) is 11.3 Å². The van der Waals surface area contributed by atoms with Crippen LogP contribution in [0.2, 0.25) is 0 Å². The highest BCUT2D eigenvalue weighted by Gasteiger charge is 2.06. The molecule has 0 aliphatic rings. The Kier molecular flexibility index (Phi) is 1.95. The van der Waals surface area contributed by atoms with Gasteiger partial charge in [0.05, 0.1) is 11.6 Å². The minimum absolute atomic E-state index is 0.505. The Morgan fingerprint density at radius 3 is 2.75 bits per heavy atom. The zero-order valence-corrected chi connectivity index (χ0v) is 7.95. The van der Waals surface area contributed by atoms with Gasteiger partial charge in [0, 0.05) is 15.0 Å². The van der Waals surface area contributed by atoms with Crippen molar-refractivity contribution >= 4 is 38.7 Å². The number of alkyl halides is 1. The summed E-state index contributed by atoms with van der Waals surface area (Å²) in [7, 11) is 0. The van der Waals surface area contributed by atoms with E-state index in [1.165, 1.54) is 4.70 Å². The van der Waals surface area contributed by atoms with Gasteiger partial charge in [-0.3, -0.25) is 0 Å². The molecule has 0 aliphatic heterocycles. The van der Waals surface area contributed by atoms with Crippen molar-refractivity contribution in [2.45, 2.75) is 5.88 Å². The summed E-state index contributed by atoms with van der Waals surface area (Å²) < 4.78 is 1.21. The van der Waals surface area contributed by atoms with Crippen LogP contribution in [-0.2, 0) is 5.88 Å². The predicted octanol–water partition coefficient (Wildman–Crippen LogP) is 3.22. The van der Waals surface area contributed by atoms with Gasteiger partial charge in [-0.15, -0.1) is 22.9 Å². The summed E-state index contributed by atoms with van der Waals surface area (Å²) in [6.07, 6.45) is 0. The normalized spacial score (nSPS) is 10.8. The van der Waals surface area contributed by atoms with Crippen LogP contribution in [-0.4, -0.2) is 0 Å². The first-order valence-corrected chi connectivity index (χ1v) is 5.00. The lowest BCUT2D eigenvalue weighted by molar-refractivity contribution is 1.54. The summed E-state index contributed by atoms with van der Waals surface area (Å²) in [6.45, 7) is 0. The van der Waals surface area contributed by atoms with Gasteiger partial charge >= 0.3 is 0 Å². The third-order valence-electron chi connectivity index (χ3n) is 1.83. The highest BCUT2D eigenvalue weighted by Crippen LogP contribution is 2.33. The zero-order chi connectivity index (χ0) is 8.55. The fourth-order valence-electron chi connectivity index (χ4n) is 1.22. The van der Waals surface area contributed by atoms with E-state index in [4.69, 9.17) is 17.3 Å². The molecule has 0 amide bonds. The fraction of sp³-hybridized carbons (Fsp3) is 0.111. The van der Waals surface area contributed by atoms with Crippen LogP contribution >= 0.6 is 22.9 Å². The first-order chi connectivity index (χ1) is 5.83. The second kappa shape index (κ2) is 2.96. The molecule has 2 aromatic rings. The molecule has 1 heterocycles. The number of hydrogen-bond acceptors (Lipinski definition) is 2. The Morgan fingerprint density at radius 1 is 1.33 bits per heavy atom. The molecular weight excluding hydrogens is 190 g/mol. The molecule has 0 unspecified atom stereocenters. The quantitative estimate of drug-likeness (QED) is 0.698. The van der Waals surface area contributed by atoms with Crippen LogP contribution in [0.5, 0.6) is 0 Å². The van der Waals surface area contributed by atoms with E-state index in [-0.39, 0.29) is 0 Å². The van der Waals surface area contributed by atoms with E-state index in [9.17, 15) is 0 Å². The van der Waals surface area contributed by atoms with Gasteiger partial charge in [0.1, 0.15) is 0 Å². The summed E-state index contributed by atoms with van der Waals surface area (Å²) in [5.41, 5.74) is 6.71. The van der Waals surface area contributed by atoms with Gasteiger partial charge in [-0.1, -0.05) is 18.2 Å². The average Bonchev–Trinajstić information content (AvgIpc) is 2.44. The number of anilines is 1. The standard InChI is InChI=1S/C9H8ClNS/c10-5-8-9(11)6-3-1-2-4-7(6)12-8/h1-4H,5,11H2. The summed E-state index contributed by atoms with van der Waals surface area (Å²) >= 11 is 7.40. The molecule has 0 saturated heterocycles. The van der Waals surface area contributed by atoms with Crippen LogP contribution in [0.25, 0.3) is 10.1 Å². The maximum absolute atomic E-state index is 5.88. The minimum Gasteiger partial charge on any atom is -0.397 e. The number of benzene rings is 1. The van der Waals surface area contributed by atoms with Crippen LogP contribution in [0.3, 0.4) is 0 Å². The molecular formula is C9H8ClNS. The van der Waals surface area contributed by atoms with E-state index in [2.05, 4.69) is 6.07 Å². The molecule has 0 aliphatic carbocycles. The smallest absolute Gasteiger partial charge is 0.0589 e. The molecule has 0 spiro atoms. The third kappa shape index (κ3) is 1.08. The molecule has 3 heteroatoms. The van der Waals surface area contributed by atoms with E-state index in [0.29, 0.717) is 5.88 Å². The van der Waals surface area contributed by atoms with E-state index < -0.39 is 0 Å². The van der Waals surface area contributed by atoms with Gasteiger partial charge in [0.15, 0.2) is 0 Å². The number of halogens is 1. The van der Waals surface area contributed by atoms with Crippen LogP contribution in [0, 0.1) is 0 Å². The number of nitrogens with two attached hydrogens (primary N) is 1. The van der Waals surface area contributed by atoms with Crippen LogP contribution < -0.4 is 5.73 Å². The Morgan fingerprint density at radius 2 is 2.08 bits per heavy atom. The molecule has 62 valence electrons. The van der Waals surface area contributed by atoms with Gasteiger partial charge in [-0.05, 0) is 6.07 Å². The van der Waals surface area contributed by atoms with Gasteiger partial charge in [-0.2, -0.15) is 0 Å². The molecule has 12 heavy (non-hydrogen) atoms. The topological polar surface area (TPSA) is 26.0 Å². The molecule has 0 saturated carbocycles. The molecule has 2 N–H and O–H groups in total. The van der Waals surface area contributed by atoms with Crippen molar-refractivity contribution in [3.05, 3.63) is 29.1 Å². The van der Waals surface area contributed by atoms with Crippen molar-refractivity contribution in [2.24, 2.45) is 0 Å². The Bertz CT molecular complexity index is 408. The molecule has 0 fully saturated rings. The second-order valence-corrected chi connectivity index (χ2v) is 3.97. The van der Waals surface area contributed by atoms with Crippen LogP contribution in [0.1, 0.15) is 4.88 Å². The van der Waals surface area contributed by atoms with Crippen molar-refractivity contribution in [1.82, 2.24) is 0 Å². The molecule has 1 aromatic heterocycles. The Labute approximate surface area is 79.8 Å². The van der Waals surface area contributed by atoms with E-state index in [1.807, 2.05) is 18.2 Å². The van der Waals surface area contributed by atoms with Crippen molar-refractivity contribution in [3.63, 3.8) is 0 Å². The Balaban J connectivity index is 2.78. The lowest BCUT2D eigenvalue weighted by atomic mass is 10.2. The summed E-state index contributed by atoms with van der Waals surface area (Å²) in [6, 6.07) is 8.09. The zero-order valence-electron chi connectivity index (χ0n) is 6.38. The van der Waals surface area contributed by atoms with Crippen molar-refractivity contribution in [2.75, 3.05) is 5.73 Å². The summed E-state index contributed by atoms with van der Waals surface area (Å²) in [5, 5.41) is 1.12. The molecule has 0 atom stereocenters. The molecule has 2 rings (SSSR count). The van der Waals surface area contributed by atoms with Crippen LogP contribution in [0.4, 0.5) is 5.69 Å². The molecule has 0 bridgehead atoms. The van der Waals surface area contributed by atoms with Crippen molar-refractivity contribution in [1.29, 1.82) is 0 Å². The summed E-state index contributed by atoms with van der Waals surface area (Å²) in [5.74, 6) is 0.505. The van der Waals surface area contributed by atoms with Gasteiger partial charge in [0.25, 0.3) is 0 Å². The maximum atomic E-state index is 5.88. The number of hydrogen-bond donors (Lipinski definition) is 1. The Hall–Kier alpha value is -0.730. The maximum Gasteiger partial charge on any atom is 0.0589 e. The highest BCUT2D eigenvalue weighted by molar-refractivity contribution is 7.20. The third-order valence-corrected chi connectivity index (χ3v) is 3.44. The largest absolute Gasteiger partial charge is 0.397 e. The molecule has 1 nitrogen and oxygen atoms in total.